The Hall–Kier alpha value is -0.770. The number of rotatable bonds is 6. The lowest BCUT2D eigenvalue weighted by Gasteiger charge is -2.13. The van der Waals surface area contributed by atoms with Gasteiger partial charge in [0.05, 0.1) is 0 Å². The molecule has 0 rings (SSSR count). The van der Waals surface area contributed by atoms with E-state index < -0.39 is 0 Å². The summed E-state index contributed by atoms with van der Waals surface area (Å²) in [6, 6.07) is 0. The fraction of sp³-hybridized carbons (Fsp3) is 0.889. The average Bonchev–Trinajstić information content (AvgIpc) is 2.14. The van der Waals surface area contributed by atoms with Crippen molar-refractivity contribution >= 4 is 6.09 Å². The van der Waals surface area contributed by atoms with Gasteiger partial charge in [0.2, 0.25) is 0 Å². The summed E-state index contributed by atoms with van der Waals surface area (Å²) in [5.41, 5.74) is 0. The fourth-order valence-corrected chi connectivity index (χ4v) is 0.730. The molecule has 13 heavy (non-hydrogen) atoms. The smallest absolute Gasteiger partial charge is 0.407 e. The van der Waals surface area contributed by atoms with Crippen LogP contribution in [0.1, 0.15) is 20.3 Å². The first kappa shape index (κ1) is 12.2. The molecule has 78 valence electrons. The summed E-state index contributed by atoms with van der Waals surface area (Å²) >= 11 is 0. The van der Waals surface area contributed by atoms with Crippen LogP contribution in [0.4, 0.5) is 4.79 Å². The minimum Gasteiger partial charge on any atom is -0.448 e. The summed E-state index contributed by atoms with van der Waals surface area (Å²) < 4.78 is 4.92. The lowest BCUT2D eigenvalue weighted by atomic mass is 10.5. The summed E-state index contributed by atoms with van der Waals surface area (Å²) in [7, 11) is 1.99. The third-order valence-electron chi connectivity index (χ3n) is 1.77. The SMILES string of the molecule is CCCNC(=O)OCCN(C)CC. The highest BCUT2D eigenvalue weighted by Crippen LogP contribution is 1.83. The standard InChI is InChI=1S/C9H20N2O2/c1-4-6-10-9(12)13-8-7-11(3)5-2/h4-8H2,1-3H3,(H,10,12). The fourth-order valence-electron chi connectivity index (χ4n) is 0.730. The van der Waals surface area contributed by atoms with Gasteiger partial charge in [-0.05, 0) is 20.0 Å². The topological polar surface area (TPSA) is 41.6 Å². The first-order valence-electron chi connectivity index (χ1n) is 4.79. The van der Waals surface area contributed by atoms with Crippen molar-refractivity contribution in [2.75, 3.05) is 33.3 Å². The second-order valence-electron chi connectivity index (χ2n) is 2.96. The van der Waals surface area contributed by atoms with Crippen molar-refractivity contribution < 1.29 is 9.53 Å². The number of nitrogens with zero attached hydrogens (tertiary/aromatic N) is 1. The van der Waals surface area contributed by atoms with Crippen molar-refractivity contribution in [2.45, 2.75) is 20.3 Å². The zero-order valence-corrected chi connectivity index (χ0v) is 8.80. The molecule has 0 unspecified atom stereocenters. The monoisotopic (exact) mass is 188 g/mol. The summed E-state index contributed by atoms with van der Waals surface area (Å²) in [6.45, 7) is 6.97. The Balaban J connectivity index is 3.26. The van der Waals surface area contributed by atoms with Crippen LogP contribution in [0.5, 0.6) is 0 Å². The van der Waals surface area contributed by atoms with E-state index in [0.717, 1.165) is 19.5 Å². The first-order chi connectivity index (χ1) is 6.20. The van der Waals surface area contributed by atoms with Gasteiger partial charge in [-0.25, -0.2) is 4.79 Å². The van der Waals surface area contributed by atoms with E-state index in [9.17, 15) is 4.79 Å². The lowest BCUT2D eigenvalue weighted by Crippen LogP contribution is -2.29. The van der Waals surface area contributed by atoms with E-state index >= 15 is 0 Å². The van der Waals surface area contributed by atoms with Gasteiger partial charge >= 0.3 is 6.09 Å². The van der Waals surface area contributed by atoms with Gasteiger partial charge in [-0.15, -0.1) is 0 Å². The van der Waals surface area contributed by atoms with E-state index in [4.69, 9.17) is 4.74 Å². The number of carbonyl (C=O) groups is 1. The van der Waals surface area contributed by atoms with Crippen molar-refractivity contribution in [3.05, 3.63) is 0 Å². The molecule has 0 spiro atoms. The molecule has 0 atom stereocenters. The maximum absolute atomic E-state index is 10.9. The van der Waals surface area contributed by atoms with E-state index in [2.05, 4.69) is 17.1 Å². The molecule has 0 aromatic heterocycles. The number of ether oxygens (including phenoxy) is 1. The highest BCUT2D eigenvalue weighted by Gasteiger charge is 2.00. The van der Waals surface area contributed by atoms with Gasteiger partial charge in [0.25, 0.3) is 0 Å². The van der Waals surface area contributed by atoms with Crippen LogP contribution in [-0.4, -0.2) is 44.3 Å². The minimum absolute atomic E-state index is 0.314. The van der Waals surface area contributed by atoms with Crippen molar-refractivity contribution in [2.24, 2.45) is 0 Å². The lowest BCUT2D eigenvalue weighted by molar-refractivity contribution is 0.134. The van der Waals surface area contributed by atoms with Gasteiger partial charge < -0.3 is 15.0 Å². The van der Waals surface area contributed by atoms with Gasteiger partial charge in [-0.1, -0.05) is 13.8 Å². The maximum atomic E-state index is 10.9. The van der Waals surface area contributed by atoms with Gasteiger partial charge in [0, 0.05) is 13.1 Å². The molecule has 1 N–H and O–H groups in total. The molecule has 0 aromatic rings. The highest BCUT2D eigenvalue weighted by molar-refractivity contribution is 5.66. The Bertz CT molecular complexity index is 140. The van der Waals surface area contributed by atoms with Crippen molar-refractivity contribution in [1.29, 1.82) is 0 Å². The molecular weight excluding hydrogens is 168 g/mol. The Morgan fingerprint density at radius 2 is 2.15 bits per heavy atom. The quantitative estimate of drug-likeness (QED) is 0.678. The number of carbonyl (C=O) groups excluding carboxylic acids is 1. The second-order valence-corrected chi connectivity index (χ2v) is 2.96. The maximum Gasteiger partial charge on any atom is 0.407 e. The molecule has 0 bridgehead atoms. The van der Waals surface area contributed by atoms with Crippen LogP contribution in [0, 0.1) is 0 Å². The number of likely N-dealkylation sites (N-methyl/N-ethyl adjacent to an activating group) is 1. The third kappa shape index (κ3) is 7.59. The molecule has 0 aliphatic rings. The number of nitrogens with one attached hydrogen (secondary N) is 1. The largest absolute Gasteiger partial charge is 0.448 e. The molecule has 0 aliphatic heterocycles. The van der Waals surface area contributed by atoms with E-state index in [0.29, 0.717) is 13.2 Å². The van der Waals surface area contributed by atoms with E-state index in [1.165, 1.54) is 0 Å². The van der Waals surface area contributed by atoms with Gasteiger partial charge in [0.1, 0.15) is 6.61 Å². The summed E-state index contributed by atoms with van der Waals surface area (Å²) in [4.78, 5) is 13.0. The predicted octanol–water partition coefficient (Wildman–Crippen LogP) is 1.07. The molecule has 0 saturated heterocycles. The third-order valence-corrected chi connectivity index (χ3v) is 1.77. The molecular formula is C9H20N2O2. The Morgan fingerprint density at radius 3 is 2.69 bits per heavy atom. The summed E-state index contributed by atoms with van der Waals surface area (Å²) in [6.07, 6.45) is 0.621. The van der Waals surface area contributed by atoms with Crippen LogP contribution in [0.25, 0.3) is 0 Å². The molecule has 0 saturated carbocycles. The molecule has 0 aromatic carbocycles. The van der Waals surface area contributed by atoms with Crippen LogP contribution in [0.2, 0.25) is 0 Å². The van der Waals surface area contributed by atoms with Crippen LogP contribution in [0.15, 0.2) is 0 Å². The van der Waals surface area contributed by atoms with Crippen LogP contribution in [0.3, 0.4) is 0 Å². The second kappa shape index (κ2) is 7.86. The molecule has 1 amide bonds. The highest BCUT2D eigenvalue weighted by atomic mass is 16.5. The Labute approximate surface area is 80.2 Å². The molecule has 0 fully saturated rings. The van der Waals surface area contributed by atoms with Gasteiger partial charge in [-0.3, -0.25) is 0 Å². The summed E-state index contributed by atoms with van der Waals surface area (Å²) in [5, 5.41) is 2.64. The minimum atomic E-state index is -0.314. The molecule has 0 aliphatic carbocycles. The van der Waals surface area contributed by atoms with E-state index in [1.54, 1.807) is 0 Å². The number of hydrogen-bond donors (Lipinski definition) is 1. The molecule has 0 radical (unpaired) electrons. The Kier molecular flexibility index (Phi) is 7.39. The number of hydrogen-bond acceptors (Lipinski definition) is 3. The van der Waals surface area contributed by atoms with E-state index in [1.807, 2.05) is 14.0 Å². The molecule has 0 heterocycles. The summed E-state index contributed by atoms with van der Waals surface area (Å²) in [5.74, 6) is 0. The van der Waals surface area contributed by atoms with Crippen molar-refractivity contribution in [3.63, 3.8) is 0 Å². The number of amides is 1. The van der Waals surface area contributed by atoms with Crippen LogP contribution >= 0.6 is 0 Å². The zero-order chi connectivity index (χ0) is 10.1. The average molecular weight is 188 g/mol. The molecule has 4 nitrogen and oxygen atoms in total. The van der Waals surface area contributed by atoms with Gasteiger partial charge in [0.15, 0.2) is 0 Å². The normalized spacial score (nSPS) is 10.2. The zero-order valence-electron chi connectivity index (χ0n) is 8.80. The van der Waals surface area contributed by atoms with E-state index in [-0.39, 0.29) is 6.09 Å². The number of alkyl carbamates (subject to hydrolysis) is 1. The van der Waals surface area contributed by atoms with Gasteiger partial charge in [-0.2, -0.15) is 0 Å². The molecule has 4 heteroatoms. The Morgan fingerprint density at radius 1 is 1.46 bits per heavy atom. The first-order valence-corrected chi connectivity index (χ1v) is 4.79. The van der Waals surface area contributed by atoms with Crippen LogP contribution in [-0.2, 0) is 4.74 Å². The predicted molar refractivity (Wildman–Crippen MR) is 52.8 cm³/mol. The van der Waals surface area contributed by atoms with Crippen molar-refractivity contribution in [1.82, 2.24) is 10.2 Å². The van der Waals surface area contributed by atoms with Crippen LogP contribution < -0.4 is 5.32 Å². The van der Waals surface area contributed by atoms with Crippen molar-refractivity contribution in [3.8, 4) is 0 Å².